The third kappa shape index (κ3) is 3.92. The van der Waals surface area contributed by atoms with Crippen molar-refractivity contribution in [1.82, 2.24) is 15.4 Å². The summed E-state index contributed by atoms with van der Waals surface area (Å²) in [4.78, 5) is 18.8. The molecule has 1 N–H and O–H groups in total. The normalized spacial score (nSPS) is 15.3. The monoisotopic (exact) mass is 388 g/mol. The van der Waals surface area contributed by atoms with Crippen molar-refractivity contribution in [3.05, 3.63) is 54.0 Å². The van der Waals surface area contributed by atoms with E-state index in [-0.39, 0.29) is 17.8 Å². The second-order valence-electron chi connectivity index (χ2n) is 5.45. The first kappa shape index (κ1) is 18.8. The molecule has 27 heavy (non-hydrogen) atoms. The second kappa shape index (κ2) is 6.65. The maximum absolute atomic E-state index is 13.1. The SMILES string of the molecule is O=C1C=CCNN1c1ccc(C(F)(F)F)cc1-c1cc(C(F)(F)F)ncn1. The molecule has 0 bridgehead atoms. The summed E-state index contributed by atoms with van der Waals surface area (Å²) in [5.74, 6) is -0.590. The average Bonchev–Trinajstić information content (AvgIpc) is 2.60. The van der Waals surface area contributed by atoms with Crippen LogP contribution in [-0.2, 0) is 17.1 Å². The highest BCUT2D eigenvalue weighted by Gasteiger charge is 2.35. The Kier molecular flexibility index (Phi) is 4.64. The topological polar surface area (TPSA) is 58.1 Å². The Morgan fingerprint density at radius 3 is 2.37 bits per heavy atom. The number of carbonyl (C=O) groups excluding carboxylic acids is 1. The van der Waals surface area contributed by atoms with Crippen LogP contribution in [0.4, 0.5) is 32.0 Å². The highest BCUT2D eigenvalue weighted by Crippen LogP contribution is 2.38. The van der Waals surface area contributed by atoms with Gasteiger partial charge in [0.25, 0.3) is 5.91 Å². The zero-order valence-corrected chi connectivity index (χ0v) is 13.3. The largest absolute Gasteiger partial charge is 0.433 e. The molecular formula is C16H10F6N4O. The third-order valence-corrected chi connectivity index (χ3v) is 3.65. The number of aromatic nitrogens is 2. The van der Waals surface area contributed by atoms with Crippen LogP contribution >= 0.6 is 0 Å². The molecule has 0 saturated heterocycles. The number of benzene rings is 1. The number of rotatable bonds is 2. The van der Waals surface area contributed by atoms with Crippen LogP contribution < -0.4 is 10.4 Å². The van der Waals surface area contributed by atoms with E-state index in [4.69, 9.17) is 0 Å². The quantitative estimate of drug-likeness (QED) is 0.799. The Balaban J connectivity index is 2.19. The molecule has 1 aliphatic heterocycles. The van der Waals surface area contributed by atoms with Crippen molar-refractivity contribution in [1.29, 1.82) is 0 Å². The minimum atomic E-state index is -4.80. The number of halogens is 6. The Labute approximate surface area is 148 Å². The van der Waals surface area contributed by atoms with Gasteiger partial charge in [0.05, 0.1) is 16.9 Å². The van der Waals surface area contributed by atoms with Gasteiger partial charge in [0.15, 0.2) is 0 Å². The molecule has 0 spiro atoms. The summed E-state index contributed by atoms with van der Waals surface area (Å²) in [7, 11) is 0. The molecule has 3 rings (SSSR count). The predicted octanol–water partition coefficient (Wildman–Crippen LogP) is 3.59. The number of nitrogens with one attached hydrogen (secondary N) is 1. The van der Waals surface area contributed by atoms with Crippen LogP contribution in [0.25, 0.3) is 11.3 Å². The van der Waals surface area contributed by atoms with E-state index < -0.39 is 35.2 Å². The smallest absolute Gasteiger partial charge is 0.268 e. The number of hydrazine groups is 1. The summed E-state index contributed by atoms with van der Waals surface area (Å²) >= 11 is 0. The van der Waals surface area contributed by atoms with Gasteiger partial charge < -0.3 is 0 Å². The van der Waals surface area contributed by atoms with Crippen LogP contribution in [0.1, 0.15) is 11.3 Å². The van der Waals surface area contributed by atoms with E-state index in [9.17, 15) is 31.1 Å². The van der Waals surface area contributed by atoms with Gasteiger partial charge in [-0.05, 0) is 24.3 Å². The summed E-state index contributed by atoms with van der Waals surface area (Å²) in [5.41, 5.74) is -0.516. The van der Waals surface area contributed by atoms with Crippen molar-refractivity contribution in [3.63, 3.8) is 0 Å². The molecule has 1 aliphatic rings. The van der Waals surface area contributed by atoms with E-state index in [1.165, 1.54) is 12.2 Å². The van der Waals surface area contributed by atoms with Gasteiger partial charge in [-0.3, -0.25) is 4.79 Å². The van der Waals surface area contributed by atoms with E-state index in [0.29, 0.717) is 18.5 Å². The molecule has 0 fully saturated rings. The van der Waals surface area contributed by atoms with Crippen molar-refractivity contribution in [2.24, 2.45) is 0 Å². The number of nitrogens with zero attached hydrogens (tertiary/aromatic N) is 3. The molecule has 1 aromatic carbocycles. The zero-order chi connectivity index (χ0) is 19.8. The number of alkyl halides is 6. The van der Waals surface area contributed by atoms with Crippen molar-refractivity contribution in [2.75, 3.05) is 11.6 Å². The lowest BCUT2D eigenvalue weighted by Gasteiger charge is -2.27. The molecular weight excluding hydrogens is 378 g/mol. The van der Waals surface area contributed by atoms with Crippen molar-refractivity contribution in [3.8, 4) is 11.3 Å². The number of carbonyl (C=O) groups is 1. The summed E-state index contributed by atoms with van der Waals surface area (Å²) in [6.45, 7) is 0.212. The first-order chi connectivity index (χ1) is 12.6. The molecule has 1 amide bonds. The van der Waals surface area contributed by atoms with Crippen LogP contribution in [0.2, 0.25) is 0 Å². The second-order valence-corrected chi connectivity index (χ2v) is 5.45. The summed E-state index contributed by atoms with van der Waals surface area (Å²) in [6, 6.07) is 2.91. The van der Waals surface area contributed by atoms with Gasteiger partial charge in [-0.25, -0.2) is 20.4 Å². The van der Waals surface area contributed by atoms with Crippen LogP contribution in [-0.4, -0.2) is 22.4 Å². The average molecular weight is 388 g/mol. The van der Waals surface area contributed by atoms with E-state index in [1.807, 2.05) is 0 Å². The molecule has 0 saturated carbocycles. The van der Waals surface area contributed by atoms with Crippen molar-refractivity contribution < 1.29 is 31.1 Å². The lowest BCUT2D eigenvalue weighted by atomic mass is 10.0. The molecule has 142 valence electrons. The van der Waals surface area contributed by atoms with E-state index >= 15 is 0 Å². The Bertz CT molecular complexity index is 907. The molecule has 11 heteroatoms. The standard InChI is InChI=1S/C16H10F6N4O/c17-15(18,19)9-3-4-12(26-14(27)2-1-5-25-26)10(6-9)11-7-13(16(20,21)22)24-8-23-11/h1-4,6-8,25H,5H2. The Hall–Kier alpha value is -2.95. The highest BCUT2D eigenvalue weighted by atomic mass is 19.4. The molecule has 5 nitrogen and oxygen atoms in total. The van der Waals surface area contributed by atoms with E-state index in [1.54, 1.807) is 0 Å². The lowest BCUT2D eigenvalue weighted by Crippen LogP contribution is -2.45. The fourth-order valence-corrected chi connectivity index (χ4v) is 2.43. The van der Waals surface area contributed by atoms with Crippen molar-refractivity contribution >= 4 is 11.6 Å². The molecule has 0 unspecified atom stereocenters. The lowest BCUT2D eigenvalue weighted by molar-refractivity contribution is -0.141. The minimum absolute atomic E-state index is 0.0656. The number of anilines is 1. The van der Waals surface area contributed by atoms with E-state index in [0.717, 1.165) is 17.1 Å². The predicted molar refractivity (Wildman–Crippen MR) is 82.1 cm³/mol. The van der Waals surface area contributed by atoms with Crippen LogP contribution in [0.3, 0.4) is 0 Å². The van der Waals surface area contributed by atoms with Gasteiger partial charge in [-0.15, -0.1) is 0 Å². The van der Waals surface area contributed by atoms with Crippen molar-refractivity contribution in [2.45, 2.75) is 12.4 Å². The van der Waals surface area contributed by atoms with Gasteiger partial charge in [-0.1, -0.05) is 6.08 Å². The fourth-order valence-electron chi connectivity index (χ4n) is 2.43. The minimum Gasteiger partial charge on any atom is -0.268 e. The van der Waals surface area contributed by atoms with Gasteiger partial charge in [0.1, 0.15) is 12.0 Å². The maximum Gasteiger partial charge on any atom is 0.433 e. The molecule has 2 heterocycles. The number of hydrogen-bond donors (Lipinski definition) is 1. The Morgan fingerprint density at radius 1 is 1.00 bits per heavy atom. The van der Waals surface area contributed by atoms with Gasteiger partial charge in [0.2, 0.25) is 0 Å². The maximum atomic E-state index is 13.1. The zero-order valence-electron chi connectivity index (χ0n) is 13.3. The Morgan fingerprint density at radius 2 is 1.74 bits per heavy atom. The van der Waals surface area contributed by atoms with E-state index in [2.05, 4.69) is 15.4 Å². The van der Waals surface area contributed by atoms with Gasteiger partial charge in [-0.2, -0.15) is 26.3 Å². The van der Waals surface area contributed by atoms with Crippen LogP contribution in [0, 0.1) is 0 Å². The van der Waals surface area contributed by atoms with Gasteiger partial charge >= 0.3 is 12.4 Å². The summed E-state index contributed by atoms with van der Waals surface area (Å²) < 4.78 is 78.0. The van der Waals surface area contributed by atoms with Gasteiger partial charge in [0, 0.05) is 18.2 Å². The number of amides is 1. The molecule has 1 aromatic heterocycles. The highest BCUT2D eigenvalue weighted by molar-refractivity contribution is 6.04. The fraction of sp³-hybridized carbons (Fsp3) is 0.188. The number of hydrogen-bond acceptors (Lipinski definition) is 4. The summed E-state index contributed by atoms with van der Waals surface area (Å²) in [6.07, 6.45) is -6.24. The summed E-state index contributed by atoms with van der Waals surface area (Å²) in [5, 5.41) is 0.949. The molecule has 0 aliphatic carbocycles. The molecule has 0 atom stereocenters. The third-order valence-electron chi connectivity index (χ3n) is 3.65. The van der Waals surface area contributed by atoms with Crippen LogP contribution in [0.15, 0.2) is 42.7 Å². The first-order valence-corrected chi connectivity index (χ1v) is 7.42. The first-order valence-electron chi connectivity index (χ1n) is 7.42. The van der Waals surface area contributed by atoms with Crippen LogP contribution in [0.5, 0.6) is 0 Å². The molecule has 0 radical (unpaired) electrons. The molecule has 2 aromatic rings.